The number of allylic oxidation sites excluding steroid dienone is 1. The van der Waals surface area contributed by atoms with E-state index in [1.54, 1.807) is 30.5 Å². The van der Waals surface area contributed by atoms with Crippen molar-refractivity contribution < 1.29 is 5.11 Å². The van der Waals surface area contributed by atoms with Crippen LogP contribution in [-0.4, -0.2) is 20.9 Å². The SMILES string of the molecule is O=c1[nH]c(=O)n(-c2ccc(Br)cc2)c(O)c1/C=C1/C=Nc2ccccc21. The number of benzene rings is 2. The predicted molar refractivity (Wildman–Crippen MR) is 104 cm³/mol. The lowest BCUT2D eigenvalue weighted by Crippen LogP contribution is -2.30. The molecule has 0 amide bonds. The van der Waals surface area contributed by atoms with Crippen molar-refractivity contribution in [2.45, 2.75) is 0 Å². The van der Waals surface area contributed by atoms with Crippen LogP contribution in [0.2, 0.25) is 0 Å². The van der Waals surface area contributed by atoms with Crippen LogP contribution in [0.15, 0.2) is 67.6 Å². The number of nitrogens with one attached hydrogen (secondary N) is 1. The summed E-state index contributed by atoms with van der Waals surface area (Å²) in [6, 6.07) is 14.3. The molecular formula is C19H12BrN3O3. The number of aromatic hydroxyl groups is 1. The quantitative estimate of drug-likeness (QED) is 0.680. The molecule has 2 aromatic carbocycles. The zero-order valence-corrected chi connectivity index (χ0v) is 14.9. The molecular weight excluding hydrogens is 398 g/mol. The Bertz CT molecular complexity index is 1190. The molecule has 0 atom stereocenters. The number of H-pyrrole nitrogens is 1. The molecule has 0 saturated carbocycles. The number of halogens is 1. The van der Waals surface area contributed by atoms with Crippen LogP contribution in [0.4, 0.5) is 5.69 Å². The lowest BCUT2D eigenvalue weighted by molar-refractivity contribution is 0.429. The highest BCUT2D eigenvalue weighted by molar-refractivity contribution is 9.10. The summed E-state index contributed by atoms with van der Waals surface area (Å²) in [5.41, 5.74) is 1.38. The average molecular weight is 410 g/mol. The molecule has 0 spiro atoms. The third-order valence-corrected chi connectivity index (χ3v) is 4.59. The Morgan fingerprint density at radius 1 is 1.08 bits per heavy atom. The van der Waals surface area contributed by atoms with Gasteiger partial charge in [-0.3, -0.25) is 14.8 Å². The minimum atomic E-state index is -0.711. The molecule has 2 N–H and O–H groups in total. The summed E-state index contributed by atoms with van der Waals surface area (Å²) in [4.78, 5) is 31.0. The fourth-order valence-electron chi connectivity index (χ4n) is 2.81. The van der Waals surface area contributed by atoms with E-state index in [9.17, 15) is 14.7 Å². The minimum absolute atomic E-state index is 0.00864. The van der Waals surface area contributed by atoms with Crippen molar-refractivity contribution in [3.05, 3.63) is 85.0 Å². The smallest absolute Gasteiger partial charge is 0.335 e. The van der Waals surface area contributed by atoms with Gasteiger partial charge in [0, 0.05) is 21.8 Å². The Morgan fingerprint density at radius 3 is 2.58 bits per heavy atom. The van der Waals surface area contributed by atoms with Gasteiger partial charge >= 0.3 is 5.69 Å². The number of rotatable bonds is 2. The first-order valence-corrected chi connectivity index (χ1v) is 8.53. The number of hydrogen-bond acceptors (Lipinski definition) is 4. The van der Waals surface area contributed by atoms with Crippen molar-refractivity contribution in [1.29, 1.82) is 0 Å². The van der Waals surface area contributed by atoms with E-state index in [1.807, 2.05) is 24.3 Å². The summed E-state index contributed by atoms with van der Waals surface area (Å²) in [5, 5.41) is 10.6. The largest absolute Gasteiger partial charge is 0.494 e. The monoisotopic (exact) mass is 409 g/mol. The number of fused-ring (bicyclic) bond motifs is 1. The molecule has 0 saturated heterocycles. The van der Waals surface area contributed by atoms with Crippen molar-refractivity contribution in [3.8, 4) is 11.6 Å². The van der Waals surface area contributed by atoms with Crippen LogP contribution in [0.25, 0.3) is 17.3 Å². The number of hydrogen-bond donors (Lipinski definition) is 2. The first kappa shape index (κ1) is 16.3. The van der Waals surface area contributed by atoms with E-state index in [2.05, 4.69) is 25.9 Å². The van der Waals surface area contributed by atoms with Gasteiger partial charge in [-0.2, -0.15) is 0 Å². The molecule has 4 rings (SSSR count). The van der Waals surface area contributed by atoms with E-state index in [0.29, 0.717) is 11.3 Å². The fraction of sp³-hybridized carbons (Fsp3) is 0. The highest BCUT2D eigenvalue weighted by atomic mass is 79.9. The van der Waals surface area contributed by atoms with Crippen molar-refractivity contribution >= 4 is 39.5 Å². The Morgan fingerprint density at radius 2 is 1.81 bits per heavy atom. The minimum Gasteiger partial charge on any atom is -0.494 e. The summed E-state index contributed by atoms with van der Waals surface area (Å²) < 4.78 is 1.89. The third-order valence-electron chi connectivity index (χ3n) is 4.06. The molecule has 0 fully saturated rings. The van der Waals surface area contributed by atoms with Gasteiger partial charge in [0.05, 0.1) is 11.4 Å². The average Bonchev–Trinajstić information content (AvgIpc) is 3.03. The van der Waals surface area contributed by atoms with E-state index in [-0.39, 0.29) is 5.56 Å². The van der Waals surface area contributed by atoms with Gasteiger partial charge in [-0.05, 0) is 36.4 Å². The van der Waals surface area contributed by atoms with Crippen molar-refractivity contribution in [3.63, 3.8) is 0 Å². The zero-order valence-electron chi connectivity index (χ0n) is 13.3. The third kappa shape index (κ3) is 2.72. The highest BCUT2D eigenvalue weighted by Gasteiger charge is 2.17. The van der Waals surface area contributed by atoms with Gasteiger partial charge in [-0.1, -0.05) is 34.1 Å². The van der Waals surface area contributed by atoms with E-state index < -0.39 is 17.1 Å². The molecule has 128 valence electrons. The van der Waals surface area contributed by atoms with Gasteiger partial charge in [-0.25, -0.2) is 9.36 Å². The second-order valence-corrected chi connectivity index (χ2v) is 6.60. The molecule has 1 aliphatic heterocycles. The first-order valence-electron chi connectivity index (χ1n) is 7.74. The second kappa shape index (κ2) is 6.27. The van der Waals surface area contributed by atoms with Crippen LogP contribution in [0.3, 0.4) is 0 Å². The molecule has 3 aromatic rings. The fourth-order valence-corrected chi connectivity index (χ4v) is 3.07. The van der Waals surface area contributed by atoms with Gasteiger partial charge in [0.15, 0.2) is 0 Å². The molecule has 2 heterocycles. The van der Waals surface area contributed by atoms with E-state index in [0.717, 1.165) is 20.3 Å². The Hall–Kier alpha value is -3.19. The van der Waals surface area contributed by atoms with Crippen molar-refractivity contribution in [2.75, 3.05) is 0 Å². The van der Waals surface area contributed by atoms with Crippen LogP contribution in [-0.2, 0) is 0 Å². The van der Waals surface area contributed by atoms with Crippen LogP contribution in [0.1, 0.15) is 11.1 Å². The van der Waals surface area contributed by atoms with Crippen molar-refractivity contribution in [1.82, 2.24) is 9.55 Å². The summed E-state index contributed by atoms with van der Waals surface area (Å²) in [7, 11) is 0. The molecule has 1 aliphatic rings. The Balaban J connectivity index is 1.91. The molecule has 0 aliphatic carbocycles. The van der Waals surface area contributed by atoms with Gasteiger partial charge < -0.3 is 5.11 Å². The molecule has 1 aromatic heterocycles. The lowest BCUT2D eigenvalue weighted by atomic mass is 10.1. The summed E-state index contributed by atoms with van der Waals surface area (Å²) in [5.74, 6) is -0.425. The molecule has 0 radical (unpaired) electrons. The highest BCUT2D eigenvalue weighted by Crippen LogP contribution is 2.32. The maximum Gasteiger partial charge on any atom is 0.335 e. The maximum absolute atomic E-state index is 12.3. The normalized spacial score (nSPS) is 14.0. The lowest BCUT2D eigenvalue weighted by Gasteiger charge is -2.10. The van der Waals surface area contributed by atoms with Crippen molar-refractivity contribution in [2.24, 2.45) is 4.99 Å². The molecule has 0 unspecified atom stereocenters. The molecule has 6 nitrogen and oxygen atoms in total. The Kier molecular flexibility index (Phi) is 3.93. The van der Waals surface area contributed by atoms with Crippen LogP contribution in [0.5, 0.6) is 5.88 Å². The Labute approximate surface area is 155 Å². The predicted octanol–water partition coefficient (Wildman–Crippen LogP) is 3.25. The number of nitrogens with zero attached hydrogens (tertiary/aromatic N) is 2. The van der Waals surface area contributed by atoms with Crippen LogP contribution < -0.4 is 11.2 Å². The number of aliphatic imine (C=N–C) groups is 1. The van der Waals surface area contributed by atoms with Gasteiger partial charge in [-0.15, -0.1) is 0 Å². The van der Waals surface area contributed by atoms with Gasteiger partial charge in [0.25, 0.3) is 5.56 Å². The molecule has 26 heavy (non-hydrogen) atoms. The van der Waals surface area contributed by atoms with Crippen LogP contribution >= 0.6 is 15.9 Å². The van der Waals surface area contributed by atoms with E-state index in [4.69, 9.17) is 0 Å². The van der Waals surface area contributed by atoms with Gasteiger partial charge in [0.1, 0.15) is 5.56 Å². The summed E-state index contributed by atoms with van der Waals surface area (Å²) in [6.07, 6.45) is 3.15. The summed E-state index contributed by atoms with van der Waals surface area (Å²) in [6.45, 7) is 0. The molecule has 7 heteroatoms. The second-order valence-electron chi connectivity index (χ2n) is 5.68. The molecule has 0 bridgehead atoms. The van der Waals surface area contributed by atoms with E-state index in [1.165, 1.54) is 6.08 Å². The first-order chi connectivity index (χ1) is 12.5. The number of para-hydroxylation sites is 1. The zero-order chi connectivity index (χ0) is 18.3. The summed E-state index contributed by atoms with van der Waals surface area (Å²) >= 11 is 3.32. The topological polar surface area (TPSA) is 87.5 Å². The van der Waals surface area contributed by atoms with Crippen LogP contribution in [0, 0.1) is 0 Å². The number of aromatic nitrogens is 2. The van der Waals surface area contributed by atoms with Gasteiger partial charge in [0.2, 0.25) is 5.88 Å². The maximum atomic E-state index is 12.3. The number of aromatic amines is 1. The standard InChI is InChI=1S/C19H12BrN3O3/c20-12-5-7-13(8-6-12)23-18(25)15(17(24)22-19(23)26)9-11-10-21-16-4-2-1-3-14(11)16/h1-10,25H,(H,22,24,26)/b11-9-. The van der Waals surface area contributed by atoms with E-state index >= 15 is 0 Å².